The quantitative estimate of drug-likeness (QED) is 0.561. The largest absolute Gasteiger partial charge is 0.457 e. The van der Waals surface area contributed by atoms with E-state index in [1.165, 1.54) is 11.3 Å². The fourth-order valence-corrected chi connectivity index (χ4v) is 2.20. The maximum atomic E-state index is 5.78. The number of hydrogen-bond acceptors (Lipinski definition) is 5. The predicted octanol–water partition coefficient (Wildman–Crippen LogP) is 4.38. The van der Waals surface area contributed by atoms with E-state index in [9.17, 15) is 0 Å². The van der Waals surface area contributed by atoms with E-state index in [1.807, 2.05) is 60.0 Å². The van der Waals surface area contributed by atoms with Gasteiger partial charge in [0.05, 0.1) is 6.21 Å². The summed E-state index contributed by atoms with van der Waals surface area (Å²) in [6, 6.07) is 17.4. The van der Waals surface area contributed by atoms with Gasteiger partial charge < -0.3 is 4.74 Å². The topological polar surface area (TPSA) is 46.5 Å². The number of anilines is 1. The number of thiazole rings is 1. The highest BCUT2D eigenvalue weighted by molar-refractivity contribution is 7.13. The number of ether oxygens (including phenoxy) is 1. The molecule has 0 amide bonds. The van der Waals surface area contributed by atoms with Crippen molar-refractivity contribution < 1.29 is 4.74 Å². The van der Waals surface area contributed by atoms with Crippen molar-refractivity contribution in [2.24, 2.45) is 5.10 Å². The molecule has 0 spiro atoms. The normalized spacial score (nSPS) is 10.7. The molecule has 21 heavy (non-hydrogen) atoms. The third-order valence-electron chi connectivity index (χ3n) is 2.64. The minimum absolute atomic E-state index is 0.767. The Morgan fingerprint density at radius 2 is 1.90 bits per heavy atom. The van der Waals surface area contributed by atoms with Gasteiger partial charge in [-0.15, -0.1) is 11.3 Å². The van der Waals surface area contributed by atoms with Crippen molar-refractivity contribution in [3.05, 3.63) is 71.7 Å². The van der Waals surface area contributed by atoms with Gasteiger partial charge in [0.2, 0.25) is 5.13 Å². The van der Waals surface area contributed by atoms with Crippen LogP contribution in [0.1, 0.15) is 5.56 Å². The molecule has 3 rings (SSSR count). The van der Waals surface area contributed by atoms with Crippen molar-refractivity contribution in [3.63, 3.8) is 0 Å². The molecule has 0 radical (unpaired) electrons. The Hall–Kier alpha value is -2.66. The first-order valence-corrected chi connectivity index (χ1v) is 7.30. The van der Waals surface area contributed by atoms with Crippen molar-refractivity contribution >= 4 is 22.7 Å². The number of aromatic nitrogens is 1. The Morgan fingerprint density at radius 1 is 1.05 bits per heavy atom. The van der Waals surface area contributed by atoms with Gasteiger partial charge in [-0.3, -0.25) is 5.43 Å². The number of hydrogen-bond donors (Lipinski definition) is 1. The van der Waals surface area contributed by atoms with Crippen molar-refractivity contribution in [2.45, 2.75) is 0 Å². The van der Waals surface area contributed by atoms with Gasteiger partial charge in [-0.1, -0.05) is 30.3 Å². The Morgan fingerprint density at radius 3 is 2.71 bits per heavy atom. The molecule has 104 valence electrons. The number of hydrazone groups is 1. The molecule has 0 unspecified atom stereocenters. The van der Waals surface area contributed by atoms with Crippen LogP contribution in [-0.2, 0) is 0 Å². The van der Waals surface area contributed by atoms with E-state index in [0.717, 1.165) is 22.2 Å². The highest BCUT2D eigenvalue weighted by Crippen LogP contribution is 2.21. The Kier molecular flexibility index (Phi) is 4.24. The number of benzene rings is 2. The van der Waals surface area contributed by atoms with Crippen LogP contribution in [0.5, 0.6) is 11.5 Å². The number of para-hydroxylation sites is 1. The average Bonchev–Trinajstić information content (AvgIpc) is 3.02. The average molecular weight is 295 g/mol. The molecular formula is C16H13N3OS. The first-order chi connectivity index (χ1) is 10.4. The van der Waals surface area contributed by atoms with Gasteiger partial charge in [-0.2, -0.15) is 5.10 Å². The molecule has 0 aliphatic heterocycles. The van der Waals surface area contributed by atoms with Crippen LogP contribution >= 0.6 is 11.3 Å². The molecule has 0 fully saturated rings. The zero-order chi connectivity index (χ0) is 14.3. The highest BCUT2D eigenvalue weighted by Gasteiger charge is 1.97. The molecule has 0 bridgehead atoms. The van der Waals surface area contributed by atoms with Crippen molar-refractivity contribution in [1.29, 1.82) is 0 Å². The molecule has 2 aromatic carbocycles. The Labute approximate surface area is 126 Å². The van der Waals surface area contributed by atoms with Gasteiger partial charge in [0, 0.05) is 11.6 Å². The van der Waals surface area contributed by atoms with E-state index < -0.39 is 0 Å². The minimum atomic E-state index is 0.767. The fourth-order valence-electron chi connectivity index (χ4n) is 1.72. The third kappa shape index (κ3) is 3.90. The van der Waals surface area contributed by atoms with Gasteiger partial charge in [-0.05, 0) is 29.8 Å². The van der Waals surface area contributed by atoms with E-state index in [1.54, 1.807) is 12.4 Å². The molecule has 0 aliphatic rings. The molecule has 0 saturated carbocycles. The fraction of sp³-hybridized carbons (Fsp3) is 0. The lowest BCUT2D eigenvalue weighted by Gasteiger charge is -2.05. The molecule has 3 aromatic rings. The smallest absolute Gasteiger partial charge is 0.203 e. The molecule has 1 heterocycles. The van der Waals surface area contributed by atoms with Crippen LogP contribution in [0.3, 0.4) is 0 Å². The highest BCUT2D eigenvalue weighted by atomic mass is 32.1. The van der Waals surface area contributed by atoms with Crippen LogP contribution in [0.4, 0.5) is 5.13 Å². The molecule has 1 aromatic heterocycles. The Balaban J connectivity index is 1.67. The molecule has 0 aliphatic carbocycles. The molecule has 4 nitrogen and oxygen atoms in total. The van der Waals surface area contributed by atoms with Crippen LogP contribution in [0.25, 0.3) is 0 Å². The summed E-state index contributed by atoms with van der Waals surface area (Å²) >= 11 is 1.50. The summed E-state index contributed by atoms with van der Waals surface area (Å²) in [5.74, 6) is 1.59. The van der Waals surface area contributed by atoms with Crippen LogP contribution in [0.15, 0.2) is 71.3 Å². The molecule has 1 N–H and O–H groups in total. The van der Waals surface area contributed by atoms with Crippen LogP contribution in [0, 0.1) is 0 Å². The van der Waals surface area contributed by atoms with Gasteiger partial charge in [-0.25, -0.2) is 4.98 Å². The second-order valence-corrected chi connectivity index (χ2v) is 5.09. The zero-order valence-electron chi connectivity index (χ0n) is 11.1. The van der Waals surface area contributed by atoms with Crippen molar-refractivity contribution in [3.8, 4) is 11.5 Å². The number of rotatable bonds is 5. The van der Waals surface area contributed by atoms with E-state index >= 15 is 0 Å². The summed E-state index contributed by atoms with van der Waals surface area (Å²) in [6.45, 7) is 0. The predicted molar refractivity (Wildman–Crippen MR) is 86.3 cm³/mol. The zero-order valence-corrected chi connectivity index (χ0v) is 12.0. The van der Waals surface area contributed by atoms with E-state index in [2.05, 4.69) is 15.5 Å². The monoisotopic (exact) mass is 295 g/mol. The van der Waals surface area contributed by atoms with Crippen molar-refractivity contribution in [1.82, 2.24) is 4.98 Å². The molecular weight excluding hydrogens is 282 g/mol. The summed E-state index contributed by atoms with van der Waals surface area (Å²) < 4.78 is 5.78. The molecule has 0 saturated heterocycles. The number of nitrogens with one attached hydrogen (secondary N) is 1. The van der Waals surface area contributed by atoms with Gasteiger partial charge in [0.25, 0.3) is 0 Å². The van der Waals surface area contributed by atoms with Crippen molar-refractivity contribution in [2.75, 3.05) is 5.43 Å². The summed E-state index contributed by atoms with van der Waals surface area (Å²) in [5, 5.41) is 6.81. The summed E-state index contributed by atoms with van der Waals surface area (Å²) in [7, 11) is 0. The maximum Gasteiger partial charge on any atom is 0.203 e. The van der Waals surface area contributed by atoms with Gasteiger partial charge >= 0.3 is 0 Å². The molecule has 0 atom stereocenters. The standard InChI is InChI=1S/C16H13N3OS/c1-2-6-14(7-3-1)20-15-8-4-5-13(11-15)12-18-19-16-17-9-10-21-16/h1-12H,(H,17,19)/b18-12-. The first kappa shape index (κ1) is 13.3. The van der Waals surface area contributed by atoms with E-state index in [-0.39, 0.29) is 0 Å². The van der Waals surface area contributed by atoms with E-state index in [0.29, 0.717) is 0 Å². The maximum absolute atomic E-state index is 5.78. The second-order valence-electron chi connectivity index (χ2n) is 4.19. The van der Waals surface area contributed by atoms with Crippen LogP contribution in [-0.4, -0.2) is 11.2 Å². The number of nitrogens with zero attached hydrogens (tertiary/aromatic N) is 2. The minimum Gasteiger partial charge on any atom is -0.457 e. The summed E-state index contributed by atoms with van der Waals surface area (Å²) in [6.07, 6.45) is 3.47. The molecule has 5 heteroatoms. The van der Waals surface area contributed by atoms with E-state index in [4.69, 9.17) is 4.74 Å². The third-order valence-corrected chi connectivity index (χ3v) is 3.32. The lowest BCUT2D eigenvalue weighted by Crippen LogP contribution is -1.90. The first-order valence-electron chi connectivity index (χ1n) is 6.42. The van der Waals surface area contributed by atoms with Gasteiger partial charge in [0.15, 0.2) is 0 Å². The summed E-state index contributed by atoms with van der Waals surface area (Å²) in [4.78, 5) is 4.09. The second kappa shape index (κ2) is 6.67. The van der Waals surface area contributed by atoms with Crippen LogP contribution in [0.2, 0.25) is 0 Å². The lowest BCUT2D eigenvalue weighted by molar-refractivity contribution is 0.482. The van der Waals surface area contributed by atoms with Gasteiger partial charge in [0.1, 0.15) is 11.5 Å². The Bertz CT molecular complexity index is 711. The van der Waals surface area contributed by atoms with Crippen LogP contribution < -0.4 is 10.2 Å². The lowest BCUT2D eigenvalue weighted by atomic mass is 10.2. The summed E-state index contributed by atoms with van der Waals surface area (Å²) in [5.41, 5.74) is 3.83. The SMILES string of the molecule is C(=N/Nc1nccs1)/c1cccc(Oc2ccccc2)c1.